The molecular formula is C9H12N4OS. The van der Waals surface area contributed by atoms with Gasteiger partial charge < -0.3 is 10.6 Å². The summed E-state index contributed by atoms with van der Waals surface area (Å²) in [5.41, 5.74) is 0. The van der Waals surface area contributed by atoms with E-state index in [1.807, 2.05) is 0 Å². The van der Waals surface area contributed by atoms with Crippen LogP contribution in [-0.4, -0.2) is 40.0 Å². The Hall–Kier alpha value is -1.14. The zero-order chi connectivity index (χ0) is 10.5. The first-order valence-electron chi connectivity index (χ1n) is 4.74. The summed E-state index contributed by atoms with van der Waals surface area (Å²) in [6.07, 6.45) is 4.66. The van der Waals surface area contributed by atoms with Crippen molar-refractivity contribution in [1.29, 1.82) is 0 Å². The molecular weight excluding hydrogens is 212 g/mol. The van der Waals surface area contributed by atoms with E-state index < -0.39 is 0 Å². The van der Waals surface area contributed by atoms with Crippen LogP contribution in [0.25, 0.3) is 0 Å². The van der Waals surface area contributed by atoms with Gasteiger partial charge in [-0.3, -0.25) is 9.78 Å². The fraction of sp³-hybridized carbons (Fsp3) is 0.444. The highest BCUT2D eigenvalue weighted by Crippen LogP contribution is 2.09. The van der Waals surface area contributed by atoms with Crippen LogP contribution in [0.15, 0.2) is 18.6 Å². The number of hydrogen-bond acceptors (Lipinski definition) is 5. The van der Waals surface area contributed by atoms with Gasteiger partial charge in [0.25, 0.3) is 0 Å². The monoisotopic (exact) mass is 224 g/mol. The molecule has 0 saturated carbocycles. The molecule has 0 radical (unpaired) electrons. The van der Waals surface area contributed by atoms with Crippen LogP contribution in [0.5, 0.6) is 0 Å². The minimum absolute atomic E-state index is 0.0392. The zero-order valence-electron chi connectivity index (χ0n) is 8.14. The van der Waals surface area contributed by atoms with Crippen LogP contribution in [0.2, 0.25) is 0 Å². The van der Waals surface area contributed by atoms with E-state index in [0.717, 1.165) is 18.1 Å². The smallest absolute Gasteiger partial charge is 0.243 e. The first-order chi connectivity index (χ1) is 7.36. The normalized spacial score (nSPS) is 20.9. The molecule has 2 N–H and O–H groups in total. The number of nitrogens with zero attached hydrogens (tertiary/aromatic N) is 2. The number of thioether (sulfide) groups is 1. The van der Waals surface area contributed by atoms with Crippen molar-refractivity contribution < 1.29 is 4.79 Å². The molecule has 6 heteroatoms. The number of carbonyl (C=O) groups excluding carboxylic acids is 1. The summed E-state index contributed by atoms with van der Waals surface area (Å²) in [6.45, 7) is 0.878. The van der Waals surface area contributed by atoms with Crippen molar-refractivity contribution in [1.82, 2.24) is 15.3 Å². The third kappa shape index (κ3) is 2.90. The molecule has 1 aromatic rings. The average molecular weight is 224 g/mol. The van der Waals surface area contributed by atoms with E-state index in [9.17, 15) is 4.79 Å². The molecule has 0 aromatic carbocycles. The molecule has 1 fully saturated rings. The van der Waals surface area contributed by atoms with E-state index in [-0.39, 0.29) is 11.9 Å². The SMILES string of the molecule is O=C(Nc1cnccn1)C1CSCCN1. The van der Waals surface area contributed by atoms with Crippen molar-refractivity contribution in [3.05, 3.63) is 18.6 Å². The van der Waals surface area contributed by atoms with Gasteiger partial charge in [-0.1, -0.05) is 0 Å². The summed E-state index contributed by atoms with van der Waals surface area (Å²) < 4.78 is 0. The lowest BCUT2D eigenvalue weighted by Gasteiger charge is -2.21. The maximum absolute atomic E-state index is 11.7. The lowest BCUT2D eigenvalue weighted by molar-refractivity contribution is -0.117. The summed E-state index contributed by atoms with van der Waals surface area (Å²) in [5, 5.41) is 5.88. The van der Waals surface area contributed by atoms with Crippen LogP contribution in [0, 0.1) is 0 Å². The van der Waals surface area contributed by atoms with Gasteiger partial charge in [0.1, 0.15) is 0 Å². The van der Waals surface area contributed by atoms with Crippen molar-refractivity contribution in [3.63, 3.8) is 0 Å². The van der Waals surface area contributed by atoms with Gasteiger partial charge in [0.05, 0.1) is 12.2 Å². The Morgan fingerprint density at radius 3 is 3.20 bits per heavy atom. The molecule has 1 aliphatic rings. The molecule has 0 bridgehead atoms. The molecule has 80 valence electrons. The Kier molecular flexibility index (Phi) is 3.52. The van der Waals surface area contributed by atoms with E-state index in [0.29, 0.717) is 5.82 Å². The second-order valence-corrected chi connectivity index (χ2v) is 4.31. The Balaban J connectivity index is 1.91. The second-order valence-electron chi connectivity index (χ2n) is 3.16. The van der Waals surface area contributed by atoms with E-state index in [1.165, 1.54) is 6.20 Å². The third-order valence-electron chi connectivity index (χ3n) is 2.05. The average Bonchev–Trinajstić information content (AvgIpc) is 2.31. The van der Waals surface area contributed by atoms with E-state index >= 15 is 0 Å². The number of hydrogen-bond donors (Lipinski definition) is 2. The zero-order valence-corrected chi connectivity index (χ0v) is 8.96. The summed E-state index contributed by atoms with van der Waals surface area (Å²) in [6, 6.07) is -0.120. The van der Waals surface area contributed by atoms with Gasteiger partial charge in [-0.15, -0.1) is 0 Å². The number of anilines is 1. The Morgan fingerprint density at radius 1 is 1.60 bits per heavy atom. The van der Waals surface area contributed by atoms with Gasteiger partial charge >= 0.3 is 0 Å². The van der Waals surface area contributed by atoms with E-state index in [1.54, 1.807) is 24.2 Å². The van der Waals surface area contributed by atoms with Gasteiger partial charge in [-0.2, -0.15) is 11.8 Å². The van der Waals surface area contributed by atoms with Gasteiger partial charge in [-0.25, -0.2) is 4.98 Å². The predicted octanol–water partition coefficient (Wildman–Crippen LogP) is 0.120. The molecule has 1 aromatic heterocycles. The topological polar surface area (TPSA) is 66.9 Å². The van der Waals surface area contributed by atoms with Gasteiger partial charge in [0, 0.05) is 30.4 Å². The highest BCUT2D eigenvalue weighted by molar-refractivity contribution is 7.99. The molecule has 1 amide bonds. The van der Waals surface area contributed by atoms with Crippen molar-refractivity contribution in [2.45, 2.75) is 6.04 Å². The first kappa shape index (κ1) is 10.4. The molecule has 1 saturated heterocycles. The molecule has 2 heterocycles. The van der Waals surface area contributed by atoms with Crippen LogP contribution < -0.4 is 10.6 Å². The first-order valence-corrected chi connectivity index (χ1v) is 5.90. The fourth-order valence-corrected chi connectivity index (χ4v) is 2.24. The minimum Gasteiger partial charge on any atom is -0.308 e. The maximum atomic E-state index is 11.7. The number of carbonyl (C=O) groups is 1. The Bertz CT molecular complexity index is 326. The van der Waals surface area contributed by atoms with Gasteiger partial charge in [0.15, 0.2) is 5.82 Å². The Labute approximate surface area is 92.1 Å². The third-order valence-corrected chi connectivity index (χ3v) is 3.11. The van der Waals surface area contributed by atoms with E-state index in [4.69, 9.17) is 0 Å². The maximum Gasteiger partial charge on any atom is 0.243 e. The van der Waals surface area contributed by atoms with Gasteiger partial charge in [0.2, 0.25) is 5.91 Å². The highest BCUT2D eigenvalue weighted by Gasteiger charge is 2.20. The van der Waals surface area contributed by atoms with Crippen molar-refractivity contribution in [2.24, 2.45) is 0 Å². The molecule has 1 atom stereocenters. The lowest BCUT2D eigenvalue weighted by Crippen LogP contribution is -2.46. The van der Waals surface area contributed by atoms with Crippen LogP contribution >= 0.6 is 11.8 Å². The van der Waals surface area contributed by atoms with Crippen LogP contribution in [0.3, 0.4) is 0 Å². The summed E-state index contributed by atoms with van der Waals surface area (Å²) in [4.78, 5) is 19.6. The van der Waals surface area contributed by atoms with Gasteiger partial charge in [-0.05, 0) is 0 Å². The van der Waals surface area contributed by atoms with Crippen LogP contribution in [-0.2, 0) is 4.79 Å². The number of aromatic nitrogens is 2. The fourth-order valence-electron chi connectivity index (χ4n) is 1.31. The molecule has 1 unspecified atom stereocenters. The number of nitrogens with one attached hydrogen (secondary N) is 2. The summed E-state index contributed by atoms with van der Waals surface area (Å²) >= 11 is 1.78. The molecule has 0 aliphatic carbocycles. The quantitative estimate of drug-likeness (QED) is 0.747. The second kappa shape index (κ2) is 5.09. The highest BCUT2D eigenvalue weighted by atomic mass is 32.2. The van der Waals surface area contributed by atoms with Crippen LogP contribution in [0.1, 0.15) is 0 Å². The lowest BCUT2D eigenvalue weighted by atomic mass is 10.3. The summed E-state index contributed by atoms with van der Waals surface area (Å²) in [5.74, 6) is 2.34. The minimum atomic E-state index is -0.120. The molecule has 15 heavy (non-hydrogen) atoms. The van der Waals surface area contributed by atoms with Crippen molar-refractivity contribution >= 4 is 23.5 Å². The molecule has 0 spiro atoms. The summed E-state index contributed by atoms with van der Waals surface area (Å²) in [7, 11) is 0. The standard InChI is InChI=1S/C9H12N4OS/c14-9(7-6-15-4-3-11-7)13-8-5-10-1-2-12-8/h1-2,5,7,11H,3-4,6H2,(H,12,13,14). The molecule has 1 aliphatic heterocycles. The Morgan fingerprint density at radius 2 is 2.53 bits per heavy atom. The van der Waals surface area contributed by atoms with Crippen molar-refractivity contribution in [3.8, 4) is 0 Å². The number of rotatable bonds is 2. The number of amides is 1. The predicted molar refractivity (Wildman–Crippen MR) is 59.8 cm³/mol. The molecule has 5 nitrogen and oxygen atoms in total. The van der Waals surface area contributed by atoms with Crippen molar-refractivity contribution in [2.75, 3.05) is 23.4 Å². The largest absolute Gasteiger partial charge is 0.308 e. The van der Waals surface area contributed by atoms with Crippen LogP contribution in [0.4, 0.5) is 5.82 Å². The molecule has 2 rings (SSSR count). The van der Waals surface area contributed by atoms with E-state index in [2.05, 4.69) is 20.6 Å².